The molecule has 0 fully saturated rings. The molecule has 0 spiro atoms. The van der Waals surface area contributed by atoms with Gasteiger partial charge in [-0.2, -0.15) is 5.10 Å². The molecule has 3 aromatic rings. The first-order valence-electron chi connectivity index (χ1n) is 8.47. The predicted molar refractivity (Wildman–Crippen MR) is 105 cm³/mol. The largest absolute Gasteiger partial charge is 0.497 e. The molecule has 0 saturated carbocycles. The molecule has 3 aromatic carbocycles. The van der Waals surface area contributed by atoms with Crippen LogP contribution in [0.5, 0.6) is 11.5 Å². The van der Waals surface area contributed by atoms with Crippen LogP contribution in [0.2, 0.25) is 0 Å². The second kappa shape index (κ2) is 6.56. The lowest BCUT2D eigenvalue weighted by atomic mass is 10.1. The summed E-state index contributed by atoms with van der Waals surface area (Å²) in [4.78, 5) is 0. The summed E-state index contributed by atoms with van der Waals surface area (Å²) in [5.41, 5.74) is 10.6. The molecule has 0 aliphatic heterocycles. The number of benzene rings is 3. The zero-order valence-electron chi connectivity index (χ0n) is 15.0. The van der Waals surface area contributed by atoms with Gasteiger partial charge in [-0.05, 0) is 72.1 Å². The minimum atomic E-state index is 0.812. The van der Waals surface area contributed by atoms with Crippen LogP contribution in [0.3, 0.4) is 0 Å². The summed E-state index contributed by atoms with van der Waals surface area (Å²) >= 11 is 0. The molecular formula is C22H20N2O2. The maximum atomic E-state index is 5.41. The minimum Gasteiger partial charge on any atom is -0.497 e. The molecule has 0 saturated heterocycles. The normalized spacial score (nSPS) is 11.6. The monoisotopic (exact) mass is 344 g/mol. The van der Waals surface area contributed by atoms with E-state index >= 15 is 0 Å². The Morgan fingerprint density at radius 3 is 1.88 bits per heavy atom. The number of aryl methyl sites for hydroxylation is 1. The molecule has 1 N–H and O–H groups in total. The van der Waals surface area contributed by atoms with Crippen molar-refractivity contribution in [1.29, 1.82) is 0 Å². The van der Waals surface area contributed by atoms with Gasteiger partial charge in [0.15, 0.2) is 0 Å². The lowest BCUT2D eigenvalue weighted by molar-refractivity contribution is 0.414. The van der Waals surface area contributed by atoms with Gasteiger partial charge in [0.25, 0.3) is 0 Å². The van der Waals surface area contributed by atoms with Gasteiger partial charge in [-0.1, -0.05) is 12.1 Å². The van der Waals surface area contributed by atoms with Gasteiger partial charge in [0.1, 0.15) is 11.5 Å². The number of methoxy groups -OCH3 is 2. The van der Waals surface area contributed by atoms with Crippen molar-refractivity contribution in [3.05, 3.63) is 77.4 Å². The predicted octanol–water partition coefficient (Wildman–Crippen LogP) is 4.86. The molecular weight excluding hydrogens is 324 g/mol. The second-order valence-corrected chi connectivity index (χ2v) is 6.26. The summed E-state index contributed by atoms with van der Waals surface area (Å²) in [6, 6.07) is 20.3. The van der Waals surface area contributed by atoms with E-state index in [1.807, 2.05) is 36.4 Å². The third-order valence-electron chi connectivity index (χ3n) is 4.57. The van der Waals surface area contributed by atoms with Gasteiger partial charge in [-0.25, -0.2) is 0 Å². The fraction of sp³-hybridized carbons (Fsp3) is 0.136. The van der Waals surface area contributed by atoms with E-state index < -0.39 is 0 Å². The smallest absolute Gasteiger partial charge is 0.119 e. The number of rotatable bonds is 4. The van der Waals surface area contributed by atoms with Crippen molar-refractivity contribution in [2.45, 2.75) is 6.92 Å². The number of nitrogens with one attached hydrogen (secondary N) is 1. The molecule has 0 atom stereocenters. The van der Waals surface area contributed by atoms with Gasteiger partial charge in [0.05, 0.1) is 25.6 Å². The molecule has 0 radical (unpaired) electrons. The Labute approximate surface area is 153 Å². The van der Waals surface area contributed by atoms with Crippen LogP contribution in [0, 0.1) is 6.92 Å². The number of nitrogens with zero attached hydrogens (tertiary/aromatic N) is 1. The highest BCUT2D eigenvalue weighted by Gasteiger charge is 2.26. The van der Waals surface area contributed by atoms with Gasteiger partial charge in [-0.15, -0.1) is 0 Å². The lowest BCUT2D eigenvalue weighted by Crippen LogP contribution is -2.03. The number of anilines is 1. The summed E-state index contributed by atoms with van der Waals surface area (Å²) in [7, 11) is 3.35. The van der Waals surface area contributed by atoms with E-state index in [1.165, 1.54) is 5.56 Å². The Morgan fingerprint density at radius 2 is 1.35 bits per heavy atom. The van der Waals surface area contributed by atoms with Crippen molar-refractivity contribution in [1.82, 2.24) is 0 Å². The van der Waals surface area contributed by atoms with Crippen LogP contribution in [-0.4, -0.2) is 19.9 Å². The Bertz CT molecular complexity index is 953. The van der Waals surface area contributed by atoms with Crippen LogP contribution in [0.4, 0.5) is 5.69 Å². The topological polar surface area (TPSA) is 42.8 Å². The van der Waals surface area contributed by atoms with Crippen LogP contribution < -0.4 is 14.9 Å². The average Bonchev–Trinajstić information content (AvgIpc) is 2.98. The number of fused-ring (bicyclic) bond motifs is 3. The molecule has 0 aromatic heterocycles. The number of hydrogen-bond acceptors (Lipinski definition) is 4. The number of ether oxygens (including phenoxy) is 2. The Balaban J connectivity index is 1.83. The van der Waals surface area contributed by atoms with E-state index in [-0.39, 0.29) is 0 Å². The maximum absolute atomic E-state index is 5.41. The molecule has 4 heteroatoms. The Hall–Kier alpha value is -3.27. The van der Waals surface area contributed by atoms with Crippen molar-refractivity contribution in [3.63, 3.8) is 0 Å². The van der Waals surface area contributed by atoms with E-state index in [9.17, 15) is 0 Å². The number of hydrazone groups is 1. The standard InChI is InChI=1S/C22H20N2O2/c1-14-5-4-6-15(11-14)23-24-22-20-12-16(25-2)7-9-18(20)19-10-8-17(26-3)13-21(19)22/h4-13,23H,1-3H3. The molecule has 4 rings (SSSR count). The van der Waals surface area contributed by atoms with Crippen LogP contribution in [0.1, 0.15) is 16.7 Å². The molecule has 0 bridgehead atoms. The highest BCUT2D eigenvalue weighted by Crippen LogP contribution is 2.40. The van der Waals surface area contributed by atoms with Gasteiger partial charge < -0.3 is 9.47 Å². The summed E-state index contributed by atoms with van der Waals surface area (Å²) in [5.74, 6) is 1.62. The average molecular weight is 344 g/mol. The zero-order valence-corrected chi connectivity index (χ0v) is 15.0. The first-order valence-corrected chi connectivity index (χ1v) is 8.47. The summed E-state index contributed by atoms with van der Waals surface area (Å²) in [6.45, 7) is 2.06. The first-order chi connectivity index (χ1) is 12.7. The highest BCUT2D eigenvalue weighted by atomic mass is 16.5. The molecule has 26 heavy (non-hydrogen) atoms. The quantitative estimate of drug-likeness (QED) is 0.538. The zero-order chi connectivity index (χ0) is 18.1. The minimum absolute atomic E-state index is 0.812. The third kappa shape index (κ3) is 2.80. The van der Waals surface area contributed by atoms with Gasteiger partial charge >= 0.3 is 0 Å². The van der Waals surface area contributed by atoms with Gasteiger partial charge in [0.2, 0.25) is 0 Å². The van der Waals surface area contributed by atoms with Gasteiger partial charge in [-0.3, -0.25) is 5.43 Å². The van der Waals surface area contributed by atoms with Crippen molar-refractivity contribution in [2.24, 2.45) is 5.10 Å². The van der Waals surface area contributed by atoms with Crippen LogP contribution in [-0.2, 0) is 0 Å². The molecule has 0 heterocycles. The SMILES string of the molecule is COc1ccc2c(c1)C(=NNc1cccc(C)c1)c1cc(OC)ccc1-2. The highest BCUT2D eigenvalue weighted by molar-refractivity contribution is 6.25. The van der Waals surface area contributed by atoms with E-state index in [1.54, 1.807) is 14.2 Å². The van der Waals surface area contributed by atoms with Crippen molar-refractivity contribution < 1.29 is 9.47 Å². The molecule has 0 amide bonds. The second-order valence-electron chi connectivity index (χ2n) is 6.26. The Kier molecular flexibility index (Phi) is 4.09. The van der Waals surface area contributed by atoms with Crippen LogP contribution in [0.15, 0.2) is 65.8 Å². The first kappa shape index (κ1) is 16.2. The van der Waals surface area contributed by atoms with Gasteiger partial charge in [0, 0.05) is 11.1 Å². The van der Waals surface area contributed by atoms with Crippen molar-refractivity contribution in [3.8, 4) is 22.6 Å². The lowest BCUT2D eigenvalue weighted by Gasteiger charge is -2.07. The van der Waals surface area contributed by atoms with E-state index in [0.717, 1.165) is 45.2 Å². The molecule has 4 nitrogen and oxygen atoms in total. The maximum Gasteiger partial charge on any atom is 0.119 e. The van der Waals surface area contributed by atoms with E-state index in [2.05, 4.69) is 36.6 Å². The summed E-state index contributed by atoms with van der Waals surface area (Å²) in [6.07, 6.45) is 0. The molecule has 1 aliphatic rings. The third-order valence-corrected chi connectivity index (χ3v) is 4.57. The molecule has 0 unspecified atom stereocenters. The molecule has 130 valence electrons. The molecule has 1 aliphatic carbocycles. The Morgan fingerprint density at radius 1 is 0.731 bits per heavy atom. The number of hydrogen-bond donors (Lipinski definition) is 1. The fourth-order valence-electron chi connectivity index (χ4n) is 3.26. The van der Waals surface area contributed by atoms with E-state index in [4.69, 9.17) is 14.6 Å². The van der Waals surface area contributed by atoms with Crippen LogP contribution >= 0.6 is 0 Å². The summed E-state index contributed by atoms with van der Waals surface area (Å²) < 4.78 is 10.8. The van der Waals surface area contributed by atoms with Crippen LogP contribution in [0.25, 0.3) is 11.1 Å². The summed E-state index contributed by atoms with van der Waals surface area (Å²) in [5, 5.41) is 4.72. The fourth-order valence-corrected chi connectivity index (χ4v) is 3.26. The van der Waals surface area contributed by atoms with Crippen molar-refractivity contribution in [2.75, 3.05) is 19.6 Å². The van der Waals surface area contributed by atoms with E-state index in [0.29, 0.717) is 0 Å². The van der Waals surface area contributed by atoms with Crippen molar-refractivity contribution >= 4 is 11.4 Å².